The fourth-order valence-electron chi connectivity index (χ4n) is 2.86. The Labute approximate surface area is 119 Å². The molecule has 2 rings (SSSR count). The highest BCUT2D eigenvalue weighted by atomic mass is 19.1. The summed E-state index contributed by atoms with van der Waals surface area (Å²) < 4.78 is 33.2. The summed E-state index contributed by atoms with van der Waals surface area (Å²) in [6.45, 7) is 5.56. The SMILES string of the molecule is CCCNC(c1ccc(F)cc1F)C1(C)CCCCO1. The first kappa shape index (κ1) is 15.4. The lowest BCUT2D eigenvalue weighted by Crippen LogP contribution is -2.46. The molecule has 1 N–H and O–H groups in total. The van der Waals surface area contributed by atoms with E-state index in [4.69, 9.17) is 4.74 Å². The minimum Gasteiger partial charge on any atom is -0.373 e. The van der Waals surface area contributed by atoms with E-state index in [0.717, 1.165) is 38.3 Å². The molecule has 0 saturated carbocycles. The maximum absolute atomic E-state index is 14.1. The maximum atomic E-state index is 14.1. The van der Waals surface area contributed by atoms with E-state index in [-0.39, 0.29) is 6.04 Å². The van der Waals surface area contributed by atoms with Crippen molar-refractivity contribution in [1.82, 2.24) is 5.32 Å². The topological polar surface area (TPSA) is 21.3 Å². The second kappa shape index (κ2) is 6.64. The molecule has 1 heterocycles. The normalized spacial score (nSPS) is 24.6. The van der Waals surface area contributed by atoms with Crippen LogP contribution in [0.5, 0.6) is 0 Å². The smallest absolute Gasteiger partial charge is 0.131 e. The fourth-order valence-corrected chi connectivity index (χ4v) is 2.86. The zero-order valence-electron chi connectivity index (χ0n) is 12.2. The van der Waals surface area contributed by atoms with Gasteiger partial charge in [0.05, 0.1) is 11.6 Å². The van der Waals surface area contributed by atoms with Gasteiger partial charge in [0.2, 0.25) is 0 Å². The molecule has 0 aromatic heterocycles. The van der Waals surface area contributed by atoms with Crippen LogP contribution >= 0.6 is 0 Å². The third kappa shape index (κ3) is 3.36. The summed E-state index contributed by atoms with van der Waals surface area (Å²) in [5.41, 5.74) is 0.0516. The highest BCUT2D eigenvalue weighted by molar-refractivity contribution is 5.25. The van der Waals surface area contributed by atoms with Crippen molar-refractivity contribution in [3.63, 3.8) is 0 Å². The van der Waals surface area contributed by atoms with E-state index in [1.165, 1.54) is 12.1 Å². The van der Waals surface area contributed by atoms with Crippen molar-refractivity contribution >= 4 is 0 Å². The summed E-state index contributed by atoms with van der Waals surface area (Å²) in [5.74, 6) is -1.05. The number of halogens is 2. The summed E-state index contributed by atoms with van der Waals surface area (Å²) in [7, 11) is 0. The molecule has 1 aromatic rings. The van der Waals surface area contributed by atoms with E-state index < -0.39 is 17.2 Å². The minimum atomic E-state index is -0.546. The van der Waals surface area contributed by atoms with Gasteiger partial charge in [-0.15, -0.1) is 0 Å². The minimum absolute atomic E-state index is 0.247. The van der Waals surface area contributed by atoms with Crippen LogP contribution in [0.1, 0.15) is 51.1 Å². The Kier molecular flexibility index (Phi) is 5.11. The van der Waals surface area contributed by atoms with Gasteiger partial charge in [0.25, 0.3) is 0 Å². The van der Waals surface area contributed by atoms with Gasteiger partial charge in [0, 0.05) is 18.2 Å². The molecular formula is C16H23F2NO. The molecule has 2 nitrogen and oxygen atoms in total. The summed E-state index contributed by atoms with van der Waals surface area (Å²) >= 11 is 0. The van der Waals surface area contributed by atoms with Crippen LogP contribution in [0.4, 0.5) is 8.78 Å². The largest absolute Gasteiger partial charge is 0.373 e. The van der Waals surface area contributed by atoms with Crippen molar-refractivity contribution in [3.8, 4) is 0 Å². The highest BCUT2D eigenvalue weighted by Gasteiger charge is 2.38. The van der Waals surface area contributed by atoms with E-state index in [2.05, 4.69) is 12.2 Å². The van der Waals surface area contributed by atoms with Gasteiger partial charge in [-0.05, 0) is 45.2 Å². The van der Waals surface area contributed by atoms with Gasteiger partial charge < -0.3 is 10.1 Å². The number of ether oxygens (including phenoxy) is 1. The zero-order chi connectivity index (χ0) is 14.6. The lowest BCUT2D eigenvalue weighted by Gasteiger charge is -2.41. The van der Waals surface area contributed by atoms with E-state index in [1.807, 2.05) is 6.92 Å². The van der Waals surface area contributed by atoms with E-state index in [0.29, 0.717) is 12.2 Å². The van der Waals surface area contributed by atoms with Crippen LogP contribution in [0.25, 0.3) is 0 Å². The number of hydrogen-bond donors (Lipinski definition) is 1. The van der Waals surface area contributed by atoms with E-state index in [9.17, 15) is 8.78 Å². The van der Waals surface area contributed by atoms with Gasteiger partial charge in [-0.1, -0.05) is 13.0 Å². The third-order valence-electron chi connectivity index (χ3n) is 3.98. The maximum Gasteiger partial charge on any atom is 0.131 e. The van der Waals surface area contributed by atoms with Gasteiger partial charge >= 0.3 is 0 Å². The average Bonchev–Trinajstić information content (AvgIpc) is 2.42. The molecule has 2 unspecified atom stereocenters. The first-order valence-corrected chi connectivity index (χ1v) is 7.39. The predicted octanol–water partition coefficient (Wildman–Crippen LogP) is 3.96. The van der Waals surface area contributed by atoms with Gasteiger partial charge in [-0.25, -0.2) is 8.78 Å². The summed E-state index contributed by atoms with van der Waals surface area (Å²) in [4.78, 5) is 0. The number of nitrogens with one attached hydrogen (secondary N) is 1. The molecule has 1 aliphatic rings. The summed E-state index contributed by atoms with van der Waals surface area (Å²) in [6, 6.07) is 3.54. The molecule has 20 heavy (non-hydrogen) atoms. The summed E-state index contributed by atoms with van der Waals surface area (Å²) in [6.07, 6.45) is 3.95. The molecule has 4 heteroatoms. The molecule has 1 aliphatic heterocycles. The average molecular weight is 283 g/mol. The van der Waals surface area contributed by atoms with Gasteiger partial charge in [-0.3, -0.25) is 0 Å². The lowest BCUT2D eigenvalue weighted by molar-refractivity contribution is -0.0903. The standard InChI is InChI=1S/C16H23F2NO/c1-3-9-19-15(16(2)8-4-5-10-20-16)13-7-6-12(17)11-14(13)18/h6-7,11,15,19H,3-5,8-10H2,1-2H3. The Hall–Kier alpha value is -1.00. The molecule has 0 amide bonds. The molecular weight excluding hydrogens is 260 g/mol. The van der Waals surface area contributed by atoms with Crippen molar-refractivity contribution in [2.24, 2.45) is 0 Å². The van der Waals surface area contributed by atoms with E-state index in [1.54, 1.807) is 0 Å². The molecule has 112 valence electrons. The lowest BCUT2D eigenvalue weighted by atomic mass is 9.83. The van der Waals surface area contributed by atoms with Gasteiger partial charge in [-0.2, -0.15) is 0 Å². The Balaban J connectivity index is 2.30. The molecule has 1 fully saturated rings. The number of hydrogen-bond acceptors (Lipinski definition) is 2. The third-order valence-corrected chi connectivity index (χ3v) is 3.98. The van der Waals surface area contributed by atoms with Crippen molar-refractivity contribution in [2.45, 2.75) is 51.2 Å². The fraction of sp³-hybridized carbons (Fsp3) is 0.625. The molecule has 0 radical (unpaired) electrons. The van der Waals surface area contributed by atoms with Gasteiger partial charge in [0.1, 0.15) is 11.6 Å². The van der Waals surface area contributed by atoms with Crippen LogP contribution in [-0.2, 0) is 4.74 Å². The van der Waals surface area contributed by atoms with Crippen molar-refractivity contribution in [2.75, 3.05) is 13.2 Å². The second-order valence-electron chi connectivity index (χ2n) is 5.67. The summed E-state index contributed by atoms with van der Waals surface area (Å²) in [5, 5.41) is 3.37. The Bertz CT molecular complexity index is 444. The zero-order valence-corrected chi connectivity index (χ0v) is 12.2. The molecule has 0 spiro atoms. The first-order valence-electron chi connectivity index (χ1n) is 7.39. The van der Waals surface area contributed by atoms with Crippen LogP contribution in [-0.4, -0.2) is 18.8 Å². The second-order valence-corrected chi connectivity index (χ2v) is 5.67. The molecule has 0 aliphatic carbocycles. The van der Waals surface area contributed by atoms with Gasteiger partial charge in [0.15, 0.2) is 0 Å². The van der Waals surface area contributed by atoms with Crippen LogP contribution in [0, 0.1) is 11.6 Å². The van der Waals surface area contributed by atoms with Crippen molar-refractivity contribution < 1.29 is 13.5 Å². The number of rotatable bonds is 5. The number of benzene rings is 1. The quantitative estimate of drug-likeness (QED) is 0.883. The monoisotopic (exact) mass is 283 g/mol. The highest BCUT2D eigenvalue weighted by Crippen LogP contribution is 2.37. The molecule has 1 saturated heterocycles. The van der Waals surface area contributed by atoms with Crippen molar-refractivity contribution in [3.05, 3.63) is 35.4 Å². The van der Waals surface area contributed by atoms with Crippen LogP contribution in [0.2, 0.25) is 0 Å². The van der Waals surface area contributed by atoms with Crippen molar-refractivity contribution in [1.29, 1.82) is 0 Å². The first-order chi connectivity index (χ1) is 9.57. The Morgan fingerprint density at radius 2 is 2.15 bits per heavy atom. The Morgan fingerprint density at radius 1 is 1.35 bits per heavy atom. The molecule has 0 bridgehead atoms. The Morgan fingerprint density at radius 3 is 2.75 bits per heavy atom. The van der Waals surface area contributed by atoms with Crippen LogP contribution < -0.4 is 5.32 Å². The van der Waals surface area contributed by atoms with Crippen LogP contribution in [0.15, 0.2) is 18.2 Å². The molecule has 2 atom stereocenters. The van der Waals surface area contributed by atoms with Crippen LogP contribution in [0.3, 0.4) is 0 Å². The predicted molar refractivity (Wildman–Crippen MR) is 75.6 cm³/mol. The molecule has 1 aromatic carbocycles. The van der Waals surface area contributed by atoms with E-state index >= 15 is 0 Å².